The number of alkyl halides is 1. The zero-order chi connectivity index (χ0) is 11.3. The van der Waals surface area contributed by atoms with E-state index >= 15 is 0 Å². The number of aryl methyl sites for hydroxylation is 1. The molecule has 1 aromatic rings. The van der Waals surface area contributed by atoms with E-state index < -0.39 is 0 Å². The lowest BCUT2D eigenvalue weighted by atomic mass is 10.1. The summed E-state index contributed by atoms with van der Waals surface area (Å²) in [5, 5.41) is 2.81. The van der Waals surface area contributed by atoms with Crippen LogP contribution in [0.5, 0.6) is 0 Å². The second-order valence-electron chi connectivity index (χ2n) is 3.52. The lowest BCUT2D eigenvalue weighted by molar-refractivity contribution is -0.119. The molecule has 0 radical (unpaired) electrons. The summed E-state index contributed by atoms with van der Waals surface area (Å²) in [5.41, 5.74) is 2.40. The van der Waals surface area contributed by atoms with Crippen LogP contribution in [0.3, 0.4) is 0 Å². The molecule has 0 aliphatic heterocycles. The molecule has 0 saturated heterocycles. The smallest absolute Gasteiger partial charge is 0.235 e. The van der Waals surface area contributed by atoms with Gasteiger partial charge in [0.1, 0.15) is 5.88 Å². The van der Waals surface area contributed by atoms with Gasteiger partial charge < -0.3 is 5.32 Å². The zero-order valence-electron chi connectivity index (χ0n) is 9.09. The summed E-state index contributed by atoms with van der Waals surface area (Å²) in [5.74, 6) is -0.124. The first-order valence-electron chi connectivity index (χ1n) is 5.11. The lowest BCUT2D eigenvalue weighted by Gasteiger charge is -2.13. The molecule has 1 atom stereocenters. The van der Waals surface area contributed by atoms with Crippen LogP contribution in [-0.4, -0.2) is 11.8 Å². The van der Waals surface area contributed by atoms with Crippen molar-refractivity contribution in [1.29, 1.82) is 0 Å². The Morgan fingerprint density at radius 1 is 1.40 bits per heavy atom. The maximum atomic E-state index is 11.1. The van der Waals surface area contributed by atoms with Crippen molar-refractivity contribution in [3.05, 3.63) is 35.4 Å². The first-order chi connectivity index (χ1) is 7.17. The van der Waals surface area contributed by atoms with Crippen LogP contribution in [0.4, 0.5) is 0 Å². The Bertz CT molecular complexity index is 321. The Kier molecular flexibility index (Phi) is 4.63. The van der Waals surface area contributed by atoms with Crippen LogP contribution in [0.25, 0.3) is 0 Å². The molecule has 82 valence electrons. The van der Waals surface area contributed by atoms with Crippen LogP contribution < -0.4 is 5.32 Å². The van der Waals surface area contributed by atoms with Crippen molar-refractivity contribution >= 4 is 17.5 Å². The normalized spacial score (nSPS) is 12.2. The van der Waals surface area contributed by atoms with Gasteiger partial charge in [-0.25, -0.2) is 0 Å². The molecule has 0 unspecified atom stereocenters. The maximum Gasteiger partial charge on any atom is 0.235 e. The van der Waals surface area contributed by atoms with Gasteiger partial charge in [0, 0.05) is 0 Å². The van der Waals surface area contributed by atoms with Gasteiger partial charge in [0.2, 0.25) is 5.91 Å². The van der Waals surface area contributed by atoms with Gasteiger partial charge in [-0.3, -0.25) is 4.79 Å². The molecule has 0 heterocycles. The van der Waals surface area contributed by atoms with Crippen molar-refractivity contribution in [3.8, 4) is 0 Å². The monoisotopic (exact) mass is 225 g/mol. The molecule has 0 aliphatic carbocycles. The number of hydrogen-bond donors (Lipinski definition) is 1. The Labute approximate surface area is 95.6 Å². The highest BCUT2D eigenvalue weighted by atomic mass is 35.5. The summed E-state index contributed by atoms with van der Waals surface area (Å²) in [6, 6.07) is 8.26. The molecule has 2 nitrogen and oxygen atoms in total. The Balaban J connectivity index is 2.65. The third kappa shape index (κ3) is 3.56. The van der Waals surface area contributed by atoms with Crippen molar-refractivity contribution < 1.29 is 4.79 Å². The van der Waals surface area contributed by atoms with Crippen molar-refractivity contribution in [2.45, 2.75) is 26.3 Å². The van der Waals surface area contributed by atoms with E-state index in [-0.39, 0.29) is 17.8 Å². The summed E-state index contributed by atoms with van der Waals surface area (Å²) in [7, 11) is 0. The van der Waals surface area contributed by atoms with E-state index in [2.05, 4.69) is 24.4 Å². The minimum absolute atomic E-state index is 0.0113. The van der Waals surface area contributed by atoms with E-state index in [1.807, 2.05) is 19.1 Å². The SMILES string of the molecule is CCc1ccc([C@H](C)NC(=O)CCl)cc1. The number of nitrogens with one attached hydrogen (secondary N) is 1. The summed E-state index contributed by atoms with van der Waals surface area (Å²) >= 11 is 5.42. The van der Waals surface area contributed by atoms with Gasteiger partial charge in [-0.2, -0.15) is 0 Å². The molecule has 1 rings (SSSR count). The number of benzene rings is 1. The second-order valence-corrected chi connectivity index (χ2v) is 3.79. The predicted molar refractivity (Wildman–Crippen MR) is 63.1 cm³/mol. The van der Waals surface area contributed by atoms with Crippen molar-refractivity contribution in [1.82, 2.24) is 5.32 Å². The van der Waals surface area contributed by atoms with Crippen LogP contribution in [0.2, 0.25) is 0 Å². The molecular weight excluding hydrogens is 210 g/mol. The molecule has 0 bridgehead atoms. The van der Waals surface area contributed by atoms with Crippen LogP contribution in [0.15, 0.2) is 24.3 Å². The molecule has 0 aromatic heterocycles. The van der Waals surface area contributed by atoms with Gasteiger partial charge in [0.25, 0.3) is 0 Å². The number of halogens is 1. The number of hydrogen-bond acceptors (Lipinski definition) is 1. The van der Waals surface area contributed by atoms with E-state index in [4.69, 9.17) is 11.6 Å². The number of amides is 1. The van der Waals surface area contributed by atoms with E-state index in [1.54, 1.807) is 0 Å². The van der Waals surface area contributed by atoms with E-state index in [0.717, 1.165) is 12.0 Å². The average molecular weight is 226 g/mol. The molecule has 0 saturated carbocycles. The molecule has 3 heteroatoms. The Morgan fingerprint density at radius 3 is 2.47 bits per heavy atom. The third-order valence-corrected chi connectivity index (χ3v) is 2.63. The predicted octanol–water partition coefficient (Wildman–Crippen LogP) is 2.67. The van der Waals surface area contributed by atoms with E-state index in [0.29, 0.717) is 0 Å². The van der Waals surface area contributed by atoms with Gasteiger partial charge in [-0.1, -0.05) is 31.2 Å². The topological polar surface area (TPSA) is 29.1 Å². The highest BCUT2D eigenvalue weighted by Gasteiger charge is 2.07. The van der Waals surface area contributed by atoms with Crippen LogP contribution in [0, 0.1) is 0 Å². The minimum Gasteiger partial charge on any atom is -0.349 e. The lowest BCUT2D eigenvalue weighted by Crippen LogP contribution is -2.27. The standard InChI is InChI=1S/C12H16ClNO/c1-3-10-4-6-11(7-5-10)9(2)14-12(15)8-13/h4-7,9H,3,8H2,1-2H3,(H,14,15)/t9-/m0/s1. The molecule has 0 spiro atoms. The summed E-state index contributed by atoms with van der Waals surface area (Å²) in [6.45, 7) is 4.07. The van der Waals surface area contributed by atoms with Crippen LogP contribution in [0.1, 0.15) is 31.0 Å². The van der Waals surface area contributed by atoms with Crippen LogP contribution in [-0.2, 0) is 11.2 Å². The Hall–Kier alpha value is -1.02. The fraction of sp³-hybridized carbons (Fsp3) is 0.417. The van der Waals surface area contributed by atoms with Crippen LogP contribution >= 0.6 is 11.6 Å². The summed E-state index contributed by atoms with van der Waals surface area (Å²) in [4.78, 5) is 11.1. The Morgan fingerprint density at radius 2 is 2.00 bits per heavy atom. The quantitative estimate of drug-likeness (QED) is 0.785. The van der Waals surface area contributed by atoms with E-state index in [9.17, 15) is 4.79 Å². The molecular formula is C12H16ClNO. The van der Waals surface area contributed by atoms with Gasteiger partial charge in [0.15, 0.2) is 0 Å². The fourth-order valence-electron chi connectivity index (χ4n) is 1.41. The molecule has 0 fully saturated rings. The summed E-state index contributed by atoms with van der Waals surface area (Å²) < 4.78 is 0. The van der Waals surface area contributed by atoms with E-state index in [1.165, 1.54) is 5.56 Å². The first kappa shape index (κ1) is 12.1. The van der Waals surface area contributed by atoms with Crippen molar-refractivity contribution in [2.24, 2.45) is 0 Å². The zero-order valence-corrected chi connectivity index (χ0v) is 9.84. The van der Waals surface area contributed by atoms with Gasteiger partial charge in [-0.05, 0) is 24.5 Å². The molecule has 0 aliphatic rings. The molecule has 1 N–H and O–H groups in total. The minimum atomic E-state index is -0.135. The number of carbonyl (C=O) groups is 1. The summed E-state index contributed by atoms with van der Waals surface area (Å²) in [6.07, 6.45) is 1.03. The van der Waals surface area contributed by atoms with Gasteiger partial charge in [-0.15, -0.1) is 11.6 Å². The van der Waals surface area contributed by atoms with Gasteiger partial charge >= 0.3 is 0 Å². The second kappa shape index (κ2) is 5.76. The first-order valence-corrected chi connectivity index (χ1v) is 5.65. The highest BCUT2D eigenvalue weighted by Crippen LogP contribution is 2.13. The largest absolute Gasteiger partial charge is 0.349 e. The molecule has 1 amide bonds. The average Bonchev–Trinajstić information content (AvgIpc) is 2.29. The van der Waals surface area contributed by atoms with Crippen molar-refractivity contribution in [3.63, 3.8) is 0 Å². The fourth-order valence-corrected chi connectivity index (χ4v) is 1.48. The molecule has 1 aromatic carbocycles. The van der Waals surface area contributed by atoms with Crippen molar-refractivity contribution in [2.75, 3.05) is 5.88 Å². The third-order valence-electron chi connectivity index (χ3n) is 2.39. The highest BCUT2D eigenvalue weighted by molar-refractivity contribution is 6.27. The molecule has 15 heavy (non-hydrogen) atoms. The number of rotatable bonds is 4. The maximum absolute atomic E-state index is 11.1. The number of carbonyl (C=O) groups excluding carboxylic acids is 1. The van der Waals surface area contributed by atoms with Gasteiger partial charge in [0.05, 0.1) is 6.04 Å².